The summed E-state index contributed by atoms with van der Waals surface area (Å²) in [5.74, 6) is -1.12. The number of aromatic nitrogens is 2. The van der Waals surface area contributed by atoms with Crippen LogP contribution in [0.4, 0.5) is 0 Å². The van der Waals surface area contributed by atoms with Gasteiger partial charge >= 0.3 is 5.97 Å². The zero-order valence-electron chi connectivity index (χ0n) is 7.12. The molecule has 0 unspecified atom stereocenters. The van der Waals surface area contributed by atoms with Crippen molar-refractivity contribution in [2.45, 2.75) is 0 Å². The Labute approximate surface area is 98.5 Å². The van der Waals surface area contributed by atoms with Crippen molar-refractivity contribution in [2.75, 3.05) is 0 Å². The van der Waals surface area contributed by atoms with Crippen molar-refractivity contribution in [3.63, 3.8) is 0 Å². The SMILES string of the molecule is O=C(O)c1c(-c2ccc(Cl)s2)n[nH]c1Cl. The standard InChI is InChI=1S/C8H4Cl2N2O2S/c9-4-2-1-3(15-4)6-5(8(13)14)7(10)12-11-6/h1-2H,(H,11,12)(H,13,14). The summed E-state index contributed by atoms with van der Waals surface area (Å²) < 4.78 is 0.570. The second kappa shape index (κ2) is 3.84. The van der Waals surface area contributed by atoms with E-state index in [9.17, 15) is 4.79 Å². The topological polar surface area (TPSA) is 66.0 Å². The molecular weight excluding hydrogens is 259 g/mol. The number of hydrogen-bond donors (Lipinski definition) is 2. The van der Waals surface area contributed by atoms with Crippen LogP contribution in [0.2, 0.25) is 9.49 Å². The molecule has 4 nitrogen and oxygen atoms in total. The number of H-pyrrole nitrogens is 1. The molecule has 0 atom stereocenters. The van der Waals surface area contributed by atoms with Crippen LogP contribution in [0.3, 0.4) is 0 Å². The van der Waals surface area contributed by atoms with Gasteiger partial charge in [0, 0.05) is 0 Å². The van der Waals surface area contributed by atoms with Crippen molar-refractivity contribution < 1.29 is 9.90 Å². The third-order valence-corrected chi connectivity index (χ3v) is 3.25. The molecule has 0 aliphatic carbocycles. The van der Waals surface area contributed by atoms with Gasteiger partial charge in [0.25, 0.3) is 0 Å². The van der Waals surface area contributed by atoms with Gasteiger partial charge in [-0.15, -0.1) is 11.3 Å². The number of carboxylic acids is 1. The number of nitrogens with one attached hydrogen (secondary N) is 1. The fourth-order valence-electron chi connectivity index (χ4n) is 1.14. The van der Waals surface area contributed by atoms with Crippen molar-refractivity contribution in [1.29, 1.82) is 0 Å². The van der Waals surface area contributed by atoms with E-state index in [1.54, 1.807) is 12.1 Å². The van der Waals surface area contributed by atoms with E-state index in [1.165, 1.54) is 11.3 Å². The van der Waals surface area contributed by atoms with Crippen molar-refractivity contribution in [1.82, 2.24) is 10.2 Å². The molecule has 0 aliphatic heterocycles. The molecule has 0 amide bonds. The highest BCUT2D eigenvalue weighted by Crippen LogP contribution is 2.33. The average Bonchev–Trinajstić information content (AvgIpc) is 2.71. The number of aromatic amines is 1. The molecule has 0 fully saturated rings. The molecule has 0 aliphatic rings. The first-order valence-electron chi connectivity index (χ1n) is 3.82. The molecule has 2 aromatic heterocycles. The number of halogens is 2. The van der Waals surface area contributed by atoms with Crippen LogP contribution in [-0.4, -0.2) is 21.3 Å². The summed E-state index contributed by atoms with van der Waals surface area (Å²) in [7, 11) is 0. The van der Waals surface area contributed by atoms with Gasteiger partial charge < -0.3 is 5.11 Å². The Kier molecular flexibility index (Phi) is 2.68. The van der Waals surface area contributed by atoms with Crippen molar-refractivity contribution >= 4 is 40.5 Å². The smallest absolute Gasteiger partial charge is 0.341 e. The van der Waals surface area contributed by atoms with E-state index in [0.29, 0.717) is 14.9 Å². The fraction of sp³-hybridized carbons (Fsp3) is 0. The molecule has 0 radical (unpaired) electrons. The van der Waals surface area contributed by atoms with Crippen LogP contribution in [0, 0.1) is 0 Å². The van der Waals surface area contributed by atoms with Gasteiger partial charge in [0.1, 0.15) is 16.4 Å². The van der Waals surface area contributed by atoms with Gasteiger partial charge in [0.05, 0.1) is 9.21 Å². The molecule has 0 bridgehead atoms. The lowest BCUT2D eigenvalue weighted by Crippen LogP contribution is -1.96. The third kappa shape index (κ3) is 1.86. The van der Waals surface area contributed by atoms with Crippen molar-refractivity contribution in [3.8, 4) is 10.6 Å². The van der Waals surface area contributed by atoms with E-state index in [4.69, 9.17) is 28.3 Å². The number of aromatic carboxylic acids is 1. The van der Waals surface area contributed by atoms with Crippen LogP contribution in [0.15, 0.2) is 12.1 Å². The number of hydrogen-bond acceptors (Lipinski definition) is 3. The molecule has 7 heteroatoms. The second-order valence-corrected chi connectivity index (χ2v) is 4.76. The summed E-state index contributed by atoms with van der Waals surface area (Å²) in [6, 6.07) is 3.38. The maximum Gasteiger partial charge on any atom is 0.341 e. The monoisotopic (exact) mass is 262 g/mol. The van der Waals surface area contributed by atoms with E-state index < -0.39 is 5.97 Å². The Morgan fingerprint density at radius 2 is 2.20 bits per heavy atom. The average molecular weight is 263 g/mol. The summed E-state index contributed by atoms with van der Waals surface area (Å²) in [4.78, 5) is 11.6. The number of carboxylic acid groups (broad SMARTS) is 1. The highest BCUT2D eigenvalue weighted by Gasteiger charge is 2.20. The summed E-state index contributed by atoms with van der Waals surface area (Å²) >= 11 is 12.7. The van der Waals surface area contributed by atoms with Gasteiger partial charge in [-0.05, 0) is 12.1 Å². The van der Waals surface area contributed by atoms with Gasteiger partial charge in [-0.1, -0.05) is 23.2 Å². The molecule has 0 saturated heterocycles. The Bertz CT molecular complexity index is 520. The van der Waals surface area contributed by atoms with E-state index in [2.05, 4.69) is 10.2 Å². The van der Waals surface area contributed by atoms with E-state index >= 15 is 0 Å². The van der Waals surface area contributed by atoms with Gasteiger partial charge in [-0.2, -0.15) is 5.10 Å². The Balaban J connectivity index is 2.58. The fourth-order valence-corrected chi connectivity index (χ4v) is 2.39. The first kappa shape index (κ1) is 10.5. The minimum atomic E-state index is -1.12. The molecular formula is C8H4Cl2N2O2S. The molecule has 0 saturated carbocycles. The summed E-state index contributed by atoms with van der Waals surface area (Å²) in [5.41, 5.74) is 0.277. The molecule has 0 spiro atoms. The first-order chi connectivity index (χ1) is 7.09. The Morgan fingerprint density at radius 3 is 2.73 bits per heavy atom. The van der Waals surface area contributed by atoms with Crippen LogP contribution in [-0.2, 0) is 0 Å². The van der Waals surface area contributed by atoms with Gasteiger partial charge in [0.15, 0.2) is 0 Å². The molecule has 78 valence electrons. The lowest BCUT2D eigenvalue weighted by molar-refractivity contribution is 0.0698. The molecule has 15 heavy (non-hydrogen) atoms. The third-order valence-electron chi connectivity index (χ3n) is 1.74. The minimum Gasteiger partial charge on any atom is -0.478 e. The number of carbonyl (C=O) groups is 1. The van der Waals surface area contributed by atoms with E-state index in [0.717, 1.165) is 0 Å². The molecule has 2 rings (SSSR count). The molecule has 0 aromatic carbocycles. The van der Waals surface area contributed by atoms with Crippen LogP contribution >= 0.6 is 34.5 Å². The lowest BCUT2D eigenvalue weighted by Gasteiger charge is -1.93. The van der Waals surface area contributed by atoms with E-state index in [-0.39, 0.29) is 10.7 Å². The molecule has 2 N–H and O–H groups in total. The largest absolute Gasteiger partial charge is 0.478 e. The Hall–Kier alpha value is -1.04. The normalized spacial score (nSPS) is 10.5. The highest BCUT2D eigenvalue weighted by molar-refractivity contribution is 7.19. The predicted molar refractivity (Wildman–Crippen MR) is 58.9 cm³/mol. The first-order valence-corrected chi connectivity index (χ1v) is 5.39. The Morgan fingerprint density at radius 1 is 1.47 bits per heavy atom. The van der Waals surface area contributed by atoms with Crippen LogP contribution < -0.4 is 0 Å². The van der Waals surface area contributed by atoms with Gasteiger partial charge in [-0.25, -0.2) is 4.79 Å². The van der Waals surface area contributed by atoms with Crippen molar-refractivity contribution in [2.24, 2.45) is 0 Å². The van der Waals surface area contributed by atoms with E-state index in [1.807, 2.05) is 0 Å². The number of nitrogens with zero attached hydrogens (tertiary/aromatic N) is 1. The van der Waals surface area contributed by atoms with Crippen LogP contribution in [0.5, 0.6) is 0 Å². The summed E-state index contributed by atoms with van der Waals surface area (Å²) in [6.07, 6.45) is 0. The molecule has 2 heterocycles. The second-order valence-electron chi connectivity index (χ2n) is 2.67. The maximum absolute atomic E-state index is 10.9. The quantitative estimate of drug-likeness (QED) is 0.874. The van der Waals surface area contributed by atoms with Gasteiger partial charge in [-0.3, -0.25) is 5.10 Å². The van der Waals surface area contributed by atoms with Crippen LogP contribution in [0.25, 0.3) is 10.6 Å². The van der Waals surface area contributed by atoms with Gasteiger partial charge in [0.2, 0.25) is 0 Å². The lowest BCUT2D eigenvalue weighted by atomic mass is 10.2. The number of thiophene rings is 1. The van der Waals surface area contributed by atoms with Crippen molar-refractivity contribution in [3.05, 3.63) is 27.2 Å². The van der Waals surface area contributed by atoms with Crippen LogP contribution in [0.1, 0.15) is 10.4 Å². The summed E-state index contributed by atoms with van der Waals surface area (Å²) in [6.45, 7) is 0. The maximum atomic E-state index is 10.9. The highest BCUT2D eigenvalue weighted by atomic mass is 35.5. The zero-order chi connectivity index (χ0) is 11.0. The molecule has 2 aromatic rings. The minimum absolute atomic E-state index is 0.0158. The zero-order valence-corrected chi connectivity index (χ0v) is 9.45. The number of rotatable bonds is 2. The predicted octanol–water partition coefficient (Wildman–Crippen LogP) is 3.14. The summed E-state index contributed by atoms with van der Waals surface area (Å²) in [5, 5.41) is 15.2.